The number of aromatic nitrogens is 2. The summed E-state index contributed by atoms with van der Waals surface area (Å²) in [6, 6.07) is 7.74. The maximum absolute atomic E-state index is 10.1. The van der Waals surface area contributed by atoms with Crippen LogP contribution in [0.5, 0.6) is 5.75 Å². The number of carbonyl (C=O) groups excluding carboxylic acids is 1. The number of hydrogen-bond donors (Lipinski definition) is 0. The predicted molar refractivity (Wildman–Crippen MR) is 67.9 cm³/mol. The minimum Gasteiger partial charge on any atom is -0.483 e. The van der Waals surface area contributed by atoms with Crippen molar-refractivity contribution in [1.29, 1.82) is 0 Å². The van der Waals surface area contributed by atoms with E-state index in [2.05, 4.69) is 15.2 Å². The predicted octanol–water partition coefficient (Wildman–Crippen LogP) is 2.95. The molecule has 0 saturated heterocycles. The van der Waals surface area contributed by atoms with E-state index in [1.54, 1.807) is 0 Å². The quantitative estimate of drug-likeness (QED) is 0.627. The Morgan fingerprint density at radius 3 is 2.89 bits per heavy atom. The summed E-state index contributed by atoms with van der Waals surface area (Å²) >= 11 is 1.21. The van der Waals surface area contributed by atoms with Crippen molar-refractivity contribution >= 4 is 22.5 Å². The van der Waals surface area contributed by atoms with Crippen LogP contribution in [-0.2, 0) is 4.79 Å². The molecule has 0 spiro atoms. The first-order valence-corrected chi connectivity index (χ1v) is 6.16. The molecular formula is C12H11N3O2S. The molecule has 0 aliphatic carbocycles. The molecule has 18 heavy (non-hydrogen) atoms. The number of rotatable bonds is 4. The Labute approximate surface area is 108 Å². The number of aliphatic imine (C=N–C) groups is 1. The molecule has 2 rings (SSSR count). The molecule has 1 unspecified atom stereocenters. The van der Waals surface area contributed by atoms with Gasteiger partial charge in [0.05, 0.1) is 0 Å². The first kappa shape index (κ1) is 12.4. The van der Waals surface area contributed by atoms with Crippen molar-refractivity contribution < 1.29 is 9.53 Å². The molecule has 0 amide bonds. The molecule has 1 aromatic carbocycles. The molecule has 0 aliphatic rings. The number of isocyanates is 1. The Kier molecular flexibility index (Phi) is 3.82. The number of aryl methyl sites for hydroxylation is 1. The fraction of sp³-hybridized carbons (Fsp3) is 0.250. The van der Waals surface area contributed by atoms with Gasteiger partial charge in [0.2, 0.25) is 11.2 Å². The summed E-state index contributed by atoms with van der Waals surface area (Å²) in [6.07, 6.45) is 1.20. The molecule has 6 heteroatoms. The molecule has 0 N–H and O–H groups in total. The lowest BCUT2D eigenvalue weighted by Gasteiger charge is -2.13. The second kappa shape index (κ2) is 5.53. The van der Waals surface area contributed by atoms with Crippen molar-refractivity contribution in [2.24, 2.45) is 4.99 Å². The van der Waals surface area contributed by atoms with E-state index in [0.717, 1.165) is 11.3 Å². The van der Waals surface area contributed by atoms with E-state index in [-0.39, 0.29) is 6.10 Å². The molecule has 1 atom stereocenters. The summed E-state index contributed by atoms with van der Waals surface area (Å²) in [5.41, 5.74) is 1.06. The molecule has 92 valence electrons. The molecule has 1 aromatic heterocycles. The number of hydrogen-bond acceptors (Lipinski definition) is 6. The topological polar surface area (TPSA) is 64.4 Å². The number of ether oxygens (including phenoxy) is 1. The van der Waals surface area contributed by atoms with E-state index >= 15 is 0 Å². The lowest BCUT2D eigenvalue weighted by atomic mass is 10.2. The summed E-state index contributed by atoms with van der Waals surface area (Å²) in [5, 5.41) is 8.65. The lowest BCUT2D eigenvalue weighted by molar-refractivity contribution is 0.224. The van der Waals surface area contributed by atoms with Crippen LogP contribution in [0.2, 0.25) is 0 Å². The Morgan fingerprint density at radius 2 is 2.17 bits per heavy atom. The van der Waals surface area contributed by atoms with Gasteiger partial charge < -0.3 is 4.74 Å². The van der Waals surface area contributed by atoms with Gasteiger partial charge in [0, 0.05) is 0 Å². The third-order valence-corrected chi connectivity index (χ3v) is 3.29. The fourth-order valence-electron chi connectivity index (χ4n) is 1.40. The standard InChI is InChI=1S/C12H11N3O2S/c1-8-5-3-4-6-10(8)17-9(2)11-14-15-12(18-11)13-7-16/h3-6,9H,1-2H3. The largest absolute Gasteiger partial charge is 0.483 e. The summed E-state index contributed by atoms with van der Waals surface area (Å²) in [7, 11) is 0. The van der Waals surface area contributed by atoms with Crippen molar-refractivity contribution in [1.82, 2.24) is 10.2 Å². The smallest absolute Gasteiger partial charge is 0.242 e. The van der Waals surface area contributed by atoms with Gasteiger partial charge in [-0.15, -0.1) is 15.2 Å². The van der Waals surface area contributed by atoms with Crippen molar-refractivity contribution in [2.75, 3.05) is 0 Å². The van der Waals surface area contributed by atoms with Crippen LogP contribution in [0.3, 0.4) is 0 Å². The zero-order valence-corrected chi connectivity index (χ0v) is 10.8. The Morgan fingerprint density at radius 1 is 1.39 bits per heavy atom. The molecule has 0 radical (unpaired) electrons. The minimum atomic E-state index is -0.237. The first-order chi connectivity index (χ1) is 8.70. The summed E-state index contributed by atoms with van der Waals surface area (Å²) in [5.74, 6) is 0.806. The van der Waals surface area contributed by atoms with Crippen LogP contribution in [0.15, 0.2) is 29.3 Å². The molecule has 0 bridgehead atoms. The summed E-state index contributed by atoms with van der Waals surface area (Å²) < 4.78 is 5.79. The van der Waals surface area contributed by atoms with E-state index in [0.29, 0.717) is 10.1 Å². The van der Waals surface area contributed by atoms with Crippen LogP contribution in [0.25, 0.3) is 0 Å². The van der Waals surface area contributed by atoms with E-state index in [9.17, 15) is 4.79 Å². The normalized spacial score (nSPS) is 11.7. The van der Waals surface area contributed by atoms with Gasteiger partial charge in [-0.2, -0.15) is 0 Å². The lowest BCUT2D eigenvalue weighted by Crippen LogP contribution is -2.03. The van der Waals surface area contributed by atoms with Crippen LogP contribution in [-0.4, -0.2) is 16.3 Å². The number of benzene rings is 1. The van der Waals surface area contributed by atoms with Crippen molar-refractivity contribution in [3.05, 3.63) is 34.8 Å². The molecule has 0 fully saturated rings. The van der Waals surface area contributed by atoms with Gasteiger partial charge >= 0.3 is 0 Å². The second-order valence-electron chi connectivity index (χ2n) is 3.65. The van der Waals surface area contributed by atoms with Crippen LogP contribution in [0.1, 0.15) is 23.6 Å². The Hall–Kier alpha value is -2.04. The second-order valence-corrected chi connectivity index (χ2v) is 4.64. The highest BCUT2D eigenvalue weighted by Gasteiger charge is 2.14. The van der Waals surface area contributed by atoms with Crippen molar-refractivity contribution in [2.45, 2.75) is 20.0 Å². The molecule has 1 heterocycles. The van der Waals surface area contributed by atoms with Crippen molar-refractivity contribution in [3.8, 4) is 5.75 Å². The summed E-state index contributed by atoms with van der Waals surface area (Å²) in [6.45, 7) is 3.85. The zero-order valence-electron chi connectivity index (χ0n) is 9.95. The average molecular weight is 261 g/mol. The monoisotopic (exact) mass is 261 g/mol. The van der Waals surface area contributed by atoms with Crippen LogP contribution < -0.4 is 4.74 Å². The van der Waals surface area contributed by atoms with E-state index in [4.69, 9.17) is 4.74 Å². The van der Waals surface area contributed by atoms with Gasteiger partial charge in [-0.05, 0) is 25.5 Å². The SMILES string of the molecule is Cc1ccccc1OC(C)c1nnc(N=C=O)s1. The molecule has 2 aromatic rings. The maximum Gasteiger partial charge on any atom is 0.242 e. The third kappa shape index (κ3) is 2.80. The molecule has 0 saturated carbocycles. The van der Waals surface area contributed by atoms with E-state index < -0.39 is 0 Å². The van der Waals surface area contributed by atoms with Gasteiger partial charge in [0.25, 0.3) is 0 Å². The van der Waals surface area contributed by atoms with Crippen LogP contribution in [0, 0.1) is 6.92 Å². The molecular weight excluding hydrogens is 250 g/mol. The fourth-order valence-corrected chi connectivity index (χ4v) is 2.05. The molecule has 0 aliphatic heterocycles. The Balaban J connectivity index is 2.14. The Bertz CT molecular complexity index is 591. The van der Waals surface area contributed by atoms with E-state index in [1.165, 1.54) is 17.4 Å². The highest BCUT2D eigenvalue weighted by molar-refractivity contribution is 7.15. The number of nitrogens with zero attached hydrogens (tertiary/aromatic N) is 3. The maximum atomic E-state index is 10.1. The average Bonchev–Trinajstić information content (AvgIpc) is 2.81. The van der Waals surface area contributed by atoms with Crippen molar-refractivity contribution in [3.63, 3.8) is 0 Å². The van der Waals surface area contributed by atoms with Gasteiger partial charge in [-0.1, -0.05) is 29.5 Å². The first-order valence-electron chi connectivity index (χ1n) is 5.34. The minimum absolute atomic E-state index is 0.237. The van der Waals surface area contributed by atoms with Gasteiger partial charge in [-0.3, -0.25) is 0 Å². The van der Waals surface area contributed by atoms with Gasteiger partial charge in [0.1, 0.15) is 11.9 Å². The van der Waals surface area contributed by atoms with E-state index in [1.807, 2.05) is 38.1 Å². The van der Waals surface area contributed by atoms with Crippen LogP contribution >= 0.6 is 11.3 Å². The van der Waals surface area contributed by atoms with Gasteiger partial charge in [-0.25, -0.2) is 4.79 Å². The highest BCUT2D eigenvalue weighted by Crippen LogP contribution is 2.28. The third-order valence-electron chi connectivity index (χ3n) is 2.32. The van der Waals surface area contributed by atoms with Crippen LogP contribution in [0.4, 0.5) is 5.13 Å². The highest BCUT2D eigenvalue weighted by atomic mass is 32.1. The molecule has 5 nitrogen and oxygen atoms in total. The van der Waals surface area contributed by atoms with Gasteiger partial charge in [0.15, 0.2) is 5.01 Å². The number of para-hydroxylation sites is 1. The summed E-state index contributed by atoms with van der Waals surface area (Å²) in [4.78, 5) is 13.5. The zero-order chi connectivity index (χ0) is 13.0.